The highest BCUT2D eigenvalue weighted by molar-refractivity contribution is 7.92. The second kappa shape index (κ2) is 9.73. The Hall–Kier alpha value is -1.91. The average Bonchev–Trinajstić information content (AvgIpc) is 2.66. The molecule has 0 atom stereocenters. The Bertz CT molecular complexity index is 952. The molecule has 10 heteroatoms. The summed E-state index contributed by atoms with van der Waals surface area (Å²) < 4.78 is 50.7. The van der Waals surface area contributed by atoms with Crippen LogP contribution in [-0.2, 0) is 24.8 Å². The topological polar surface area (TPSA) is 104 Å². The van der Waals surface area contributed by atoms with Crippen molar-refractivity contribution in [2.45, 2.75) is 37.0 Å². The fraction of sp³-hybridized carbons (Fsp3) is 0.526. The SMILES string of the molecule is CN(C)S(=O)(=O)c1ccc(N(CC(=O)NCCC2=CCCCC2)S(C)(=O)=O)cc1. The minimum atomic E-state index is -3.72. The molecule has 1 amide bonds. The van der Waals surface area contributed by atoms with E-state index in [4.69, 9.17) is 0 Å². The maximum absolute atomic E-state index is 12.3. The Morgan fingerprint density at radius 3 is 2.24 bits per heavy atom. The molecule has 162 valence electrons. The molecule has 1 aromatic rings. The number of carbonyl (C=O) groups is 1. The molecule has 0 spiro atoms. The van der Waals surface area contributed by atoms with E-state index in [2.05, 4.69) is 11.4 Å². The van der Waals surface area contributed by atoms with Gasteiger partial charge in [-0.1, -0.05) is 11.6 Å². The molecule has 0 heterocycles. The second-order valence-electron chi connectivity index (χ2n) is 7.26. The Labute approximate surface area is 173 Å². The number of hydrogen-bond acceptors (Lipinski definition) is 5. The van der Waals surface area contributed by atoms with Crippen LogP contribution in [0.25, 0.3) is 0 Å². The standard InChI is InChI=1S/C19H29N3O5S2/c1-21(2)29(26,27)18-11-9-17(10-12-18)22(28(3,24)25)15-19(23)20-14-13-16-7-5-4-6-8-16/h7,9-12H,4-6,8,13-15H2,1-3H3,(H,20,23). The van der Waals surface area contributed by atoms with Crippen molar-refractivity contribution < 1.29 is 21.6 Å². The number of hydrogen-bond donors (Lipinski definition) is 1. The van der Waals surface area contributed by atoms with Crippen molar-refractivity contribution in [3.05, 3.63) is 35.9 Å². The van der Waals surface area contributed by atoms with Gasteiger partial charge >= 0.3 is 0 Å². The Morgan fingerprint density at radius 2 is 1.72 bits per heavy atom. The monoisotopic (exact) mass is 443 g/mol. The molecule has 2 rings (SSSR count). The molecule has 8 nitrogen and oxygen atoms in total. The largest absolute Gasteiger partial charge is 0.354 e. The number of anilines is 1. The number of carbonyl (C=O) groups excluding carboxylic acids is 1. The maximum Gasteiger partial charge on any atom is 0.242 e. The van der Waals surface area contributed by atoms with Crippen molar-refractivity contribution in [1.82, 2.24) is 9.62 Å². The number of nitrogens with zero attached hydrogens (tertiary/aromatic N) is 2. The summed E-state index contributed by atoms with van der Waals surface area (Å²) in [6, 6.07) is 5.43. The number of nitrogens with one attached hydrogen (secondary N) is 1. The van der Waals surface area contributed by atoms with E-state index in [0.29, 0.717) is 6.54 Å². The van der Waals surface area contributed by atoms with Crippen molar-refractivity contribution in [3.63, 3.8) is 0 Å². The van der Waals surface area contributed by atoms with E-state index >= 15 is 0 Å². The molecule has 1 N–H and O–H groups in total. The fourth-order valence-corrected chi connectivity index (χ4v) is 4.83. The van der Waals surface area contributed by atoms with E-state index in [9.17, 15) is 21.6 Å². The van der Waals surface area contributed by atoms with Crippen molar-refractivity contribution in [2.24, 2.45) is 0 Å². The van der Waals surface area contributed by atoms with Gasteiger partial charge in [0, 0.05) is 20.6 Å². The highest BCUT2D eigenvalue weighted by atomic mass is 32.2. The number of amides is 1. The van der Waals surface area contributed by atoms with Crippen molar-refractivity contribution in [3.8, 4) is 0 Å². The summed E-state index contributed by atoms with van der Waals surface area (Å²) in [7, 11) is -4.51. The lowest BCUT2D eigenvalue weighted by atomic mass is 9.97. The van der Waals surface area contributed by atoms with Gasteiger partial charge in [0.25, 0.3) is 0 Å². The lowest BCUT2D eigenvalue weighted by Gasteiger charge is -2.22. The fourth-order valence-electron chi connectivity index (χ4n) is 3.08. The van der Waals surface area contributed by atoms with Crippen LogP contribution < -0.4 is 9.62 Å². The summed E-state index contributed by atoms with van der Waals surface area (Å²) in [6.07, 6.45) is 8.48. The predicted octanol–water partition coefficient (Wildman–Crippen LogP) is 1.71. The molecule has 1 aliphatic carbocycles. The minimum Gasteiger partial charge on any atom is -0.354 e. The number of allylic oxidation sites excluding steroid dienone is 1. The molecule has 29 heavy (non-hydrogen) atoms. The van der Waals surface area contributed by atoms with Crippen LogP contribution >= 0.6 is 0 Å². The zero-order chi connectivity index (χ0) is 21.7. The first-order valence-electron chi connectivity index (χ1n) is 9.47. The molecular formula is C19H29N3O5S2. The number of sulfonamides is 2. The van der Waals surface area contributed by atoms with Crippen molar-refractivity contribution >= 4 is 31.6 Å². The molecule has 0 bridgehead atoms. The molecular weight excluding hydrogens is 414 g/mol. The van der Waals surface area contributed by atoms with Gasteiger partial charge < -0.3 is 5.32 Å². The lowest BCUT2D eigenvalue weighted by Crippen LogP contribution is -2.40. The van der Waals surface area contributed by atoms with Crippen molar-refractivity contribution in [2.75, 3.05) is 37.7 Å². The minimum absolute atomic E-state index is 0.0462. The van der Waals surface area contributed by atoms with Crippen LogP contribution in [0.5, 0.6) is 0 Å². The first-order valence-corrected chi connectivity index (χ1v) is 12.8. The summed E-state index contributed by atoms with van der Waals surface area (Å²) in [5.74, 6) is -0.406. The van der Waals surface area contributed by atoms with E-state index in [1.54, 1.807) is 0 Å². The summed E-state index contributed by atoms with van der Waals surface area (Å²) in [6.45, 7) is 0.0972. The number of rotatable bonds is 9. The van der Waals surface area contributed by atoms with Gasteiger partial charge in [0.15, 0.2) is 0 Å². The van der Waals surface area contributed by atoms with E-state index in [1.807, 2.05) is 0 Å². The van der Waals surface area contributed by atoms with Gasteiger partial charge in [0.2, 0.25) is 26.0 Å². The zero-order valence-corrected chi connectivity index (χ0v) is 18.7. The smallest absolute Gasteiger partial charge is 0.242 e. The quantitative estimate of drug-likeness (QED) is 0.585. The summed E-state index contributed by atoms with van der Waals surface area (Å²) >= 11 is 0. The van der Waals surface area contributed by atoms with Crippen molar-refractivity contribution in [1.29, 1.82) is 0 Å². The lowest BCUT2D eigenvalue weighted by molar-refractivity contribution is -0.119. The summed E-state index contributed by atoms with van der Waals surface area (Å²) in [5.41, 5.74) is 1.56. The molecule has 1 aliphatic rings. The van der Waals surface area contributed by atoms with Crippen LogP contribution in [-0.4, -0.2) is 60.5 Å². The van der Waals surface area contributed by atoms with Gasteiger partial charge in [-0.3, -0.25) is 9.10 Å². The first kappa shape index (κ1) is 23.4. The highest BCUT2D eigenvalue weighted by Gasteiger charge is 2.22. The third-order valence-corrected chi connectivity index (χ3v) is 7.71. The molecule has 0 aromatic heterocycles. The third kappa shape index (κ3) is 6.55. The van der Waals surface area contributed by atoms with E-state index in [0.717, 1.165) is 34.1 Å². The van der Waals surface area contributed by atoms with E-state index in [1.165, 1.54) is 56.8 Å². The Kier molecular flexibility index (Phi) is 7.84. The van der Waals surface area contributed by atoms with Crippen LogP contribution in [0.1, 0.15) is 32.1 Å². The summed E-state index contributed by atoms with van der Waals surface area (Å²) in [5, 5.41) is 2.76. The van der Waals surface area contributed by atoms with Crippen LogP contribution in [0.3, 0.4) is 0 Å². The van der Waals surface area contributed by atoms with E-state index < -0.39 is 26.0 Å². The normalized spacial score (nSPS) is 15.1. The van der Waals surface area contributed by atoms with Crippen LogP contribution in [0.2, 0.25) is 0 Å². The van der Waals surface area contributed by atoms with Gasteiger partial charge in [-0.15, -0.1) is 0 Å². The maximum atomic E-state index is 12.3. The molecule has 0 fully saturated rings. The molecule has 0 saturated carbocycles. The molecule has 0 radical (unpaired) electrons. The predicted molar refractivity (Wildman–Crippen MR) is 114 cm³/mol. The Morgan fingerprint density at radius 1 is 1.07 bits per heavy atom. The van der Waals surface area contributed by atoms with Gasteiger partial charge in [0.05, 0.1) is 16.8 Å². The third-order valence-electron chi connectivity index (χ3n) is 4.74. The van der Waals surface area contributed by atoms with E-state index in [-0.39, 0.29) is 17.1 Å². The molecule has 0 saturated heterocycles. The van der Waals surface area contributed by atoms with Gasteiger partial charge in [0.1, 0.15) is 6.54 Å². The number of benzene rings is 1. The van der Waals surface area contributed by atoms with Gasteiger partial charge in [-0.25, -0.2) is 21.1 Å². The molecule has 0 unspecified atom stereocenters. The van der Waals surface area contributed by atoms with Gasteiger partial charge in [-0.05, 0) is 56.4 Å². The Balaban J connectivity index is 2.06. The highest BCUT2D eigenvalue weighted by Crippen LogP contribution is 2.22. The first-order chi connectivity index (χ1) is 13.5. The van der Waals surface area contributed by atoms with Crippen LogP contribution in [0.15, 0.2) is 40.8 Å². The zero-order valence-electron chi connectivity index (χ0n) is 17.1. The molecule has 0 aliphatic heterocycles. The molecule has 1 aromatic carbocycles. The van der Waals surface area contributed by atoms with Crippen LogP contribution in [0.4, 0.5) is 5.69 Å². The van der Waals surface area contributed by atoms with Gasteiger partial charge in [-0.2, -0.15) is 0 Å². The average molecular weight is 444 g/mol. The second-order valence-corrected chi connectivity index (χ2v) is 11.3. The summed E-state index contributed by atoms with van der Waals surface area (Å²) in [4.78, 5) is 12.3. The van der Waals surface area contributed by atoms with Crippen LogP contribution in [0, 0.1) is 0 Å².